The zero-order valence-electron chi connectivity index (χ0n) is 13.8. The molecule has 2 aromatic rings. The summed E-state index contributed by atoms with van der Waals surface area (Å²) >= 11 is 6.41. The van der Waals surface area contributed by atoms with E-state index in [-0.39, 0.29) is 18.3 Å². The van der Waals surface area contributed by atoms with Crippen molar-refractivity contribution in [1.82, 2.24) is 14.9 Å². The van der Waals surface area contributed by atoms with Crippen LogP contribution in [0.15, 0.2) is 18.3 Å². The van der Waals surface area contributed by atoms with E-state index < -0.39 is 0 Å². The largest absolute Gasteiger partial charge is 0.368 e. The van der Waals surface area contributed by atoms with Gasteiger partial charge in [-0.1, -0.05) is 11.6 Å². The Labute approximate surface area is 146 Å². The van der Waals surface area contributed by atoms with Crippen molar-refractivity contribution >= 4 is 29.1 Å². The van der Waals surface area contributed by atoms with E-state index in [9.17, 15) is 4.79 Å². The lowest BCUT2D eigenvalue weighted by molar-refractivity contribution is -0.115. The summed E-state index contributed by atoms with van der Waals surface area (Å²) in [6.07, 6.45) is 3.69. The molecule has 24 heavy (non-hydrogen) atoms. The molecular formula is C17H20ClN5O. The number of fused-ring (bicyclic) bond motifs is 3. The fourth-order valence-corrected chi connectivity index (χ4v) is 3.10. The highest BCUT2D eigenvalue weighted by atomic mass is 35.5. The van der Waals surface area contributed by atoms with E-state index in [2.05, 4.69) is 20.2 Å². The number of aromatic nitrogens is 2. The Morgan fingerprint density at radius 2 is 2.17 bits per heavy atom. The first-order valence-corrected chi connectivity index (χ1v) is 8.20. The van der Waals surface area contributed by atoms with Gasteiger partial charge in [-0.2, -0.15) is 0 Å². The number of hydrogen-bond acceptors (Lipinski definition) is 5. The molecule has 0 unspecified atom stereocenters. The first-order valence-electron chi connectivity index (χ1n) is 7.83. The van der Waals surface area contributed by atoms with Gasteiger partial charge in [-0.3, -0.25) is 4.79 Å². The minimum atomic E-state index is -0.111. The molecule has 1 aromatic heterocycles. The molecule has 1 amide bonds. The molecule has 0 saturated carbocycles. The standard InChI is InChI=1S/C17H20ClN5O/c1-23(2)5-3-4-10-6-12-14(8-13(10)18)21-15(24)7-11-9-20-17(19)22-16(11)12/h6,8-9H,3-5,7H2,1-2H3,(H,21,24)(H2,19,20,22). The van der Waals surface area contributed by atoms with Crippen molar-refractivity contribution in [3.63, 3.8) is 0 Å². The lowest BCUT2D eigenvalue weighted by Crippen LogP contribution is -2.14. The first-order chi connectivity index (χ1) is 11.4. The summed E-state index contributed by atoms with van der Waals surface area (Å²) in [6.45, 7) is 0.982. The van der Waals surface area contributed by atoms with Gasteiger partial charge in [0, 0.05) is 22.3 Å². The Bertz CT molecular complexity index is 791. The number of anilines is 2. The van der Waals surface area contributed by atoms with E-state index in [1.54, 1.807) is 12.3 Å². The van der Waals surface area contributed by atoms with Gasteiger partial charge in [-0.15, -0.1) is 0 Å². The summed E-state index contributed by atoms with van der Waals surface area (Å²) in [6, 6.07) is 3.80. The van der Waals surface area contributed by atoms with Crippen LogP contribution in [-0.2, 0) is 17.6 Å². The summed E-state index contributed by atoms with van der Waals surface area (Å²) in [5.41, 5.74) is 9.75. The molecular weight excluding hydrogens is 326 g/mol. The second kappa shape index (κ2) is 6.75. The van der Waals surface area contributed by atoms with Crippen LogP contribution in [0.5, 0.6) is 0 Å². The van der Waals surface area contributed by atoms with Gasteiger partial charge in [0.05, 0.1) is 17.8 Å². The van der Waals surface area contributed by atoms with Gasteiger partial charge in [0.1, 0.15) is 0 Å². The summed E-state index contributed by atoms with van der Waals surface area (Å²) < 4.78 is 0. The molecule has 6 nitrogen and oxygen atoms in total. The van der Waals surface area contributed by atoms with Crippen LogP contribution in [0.25, 0.3) is 11.3 Å². The number of nitrogen functional groups attached to an aromatic ring is 1. The van der Waals surface area contributed by atoms with Crippen LogP contribution >= 0.6 is 11.6 Å². The Morgan fingerprint density at radius 1 is 1.38 bits per heavy atom. The van der Waals surface area contributed by atoms with Crippen LogP contribution in [0.2, 0.25) is 5.02 Å². The third-order valence-electron chi connectivity index (χ3n) is 4.00. The Hall–Kier alpha value is -2.18. The highest BCUT2D eigenvalue weighted by Gasteiger charge is 2.22. The molecule has 1 aliphatic rings. The molecule has 0 fully saturated rings. The van der Waals surface area contributed by atoms with Crippen LogP contribution in [-0.4, -0.2) is 41.4 Å². The Morgan fingerprint density at radius 3 is 2.92 bits per heavy atom. The van der Waals surface area contributed by atoms with Crippen LogP contribution in [0, 0.1) is 0 Å². The normalized spacial score (nSPS) is 13.2. The van der Waals surface area contributed by atoms with Crippen LogP contribution in [0.4, 0.5) is 11.6 Å². The highest BCUT2D eigenvalue weighted by molar-refractivity contribution is 6.32. The van der Waals surface area contributed by atoms with Crippen LogP contribution < -0.4 is 11.1 Å². The van der Waals surface area contributed by atoms with Crippen molar-refractivity contribution in [3.05, 3.63) is 34.5 Å². The number of hydrogen-bond donors (Lipinski definition) is 2. The van der Waals surface area contributed by atoms with Gasteiger partial charge >= 0.3 is 0 Å². The second-order valence-corrected chi connectivity index (χ2v) is 6.63. The molecule has 1 aliphatic heterocycles. The maximum Gasteiger partial charge on any atom is 0.228 e. The molecule has 0 spiro atoms. The maximum atomic E-state index is 12.1. The van der Waals surface area contributed by atoms with Crippen molar-refractivity contribution in [3.8, 4) is 11.3 Å². The zero-order chi connectivity index (χ0) is 17.3. The number of carbonyl (C=O) groups excluding carboxylic acids is 1. The number of nitrogens with zero attached hydrogens (tertiary/aromatic N) is 3. The third-order valence-corrected chi connectivity index (χ3v) is 4.35. The third kappa shape index (κ3) is 3.49. The molecule has 2 heterocycles. The molecule has 0 radical (unpaired) electrons. The summed E-state index contributed by atoms with van der Waals surface area (Å²) in [7, 11) is 4.09. The average Bonchev–Trinajstić information content (AvgIpc) is 2.63. The van der Waals surface area contributed by atoms with Crippen molar-refractivity contribution in [1.29, 1.82) is 0 Å². The number of nitrogens with one attached hydrogen (secondary N) is 1. The quantitative estimate of drug-likeness (QED) is 0.888. The number of nitrogens with two attached hydrogens (primary N) is 1. The van der Waals surface area contributed by atoms with Crippen molar-refractivity contribution in [2.75, 3.05) is 31.7 Å². The van der Waals surface area contributed by atoms with E-state index in [0.29, 0.717) is 16.4 Å². The van der Waals surface area contributed by atoms with Gasteiger partial charge in [0.2, 0.25) is 11.9 Å². The average molecular weight is 346 g/mol. The molecule has 0 aliphatic carbocycles. The lowest BCUT2D eigenvalue weighted by atomic mass is 10.00. The summed E-state index contributed by atoms with van der Waals surface area (Å²) in [4.78, 5) is 22.6. The minimum absolute atomic E-state index is 0.111. The van der Waals surface area contributed by atoms with E-state index >= 15 is 0 Å². The molecule has 126 valence electrons. The maximum absolute atomic E-state index is 12.1. The Balaban J connectivity index is 2.04. The van der Waals surface area contributed by atoms with Crippen LogP contribution in [0.1, 0.15) is 17.5 Å². The smallest absolute Gasteiger partial charge is 0.228 e. The van der Waals surface area contributed by atoms with Gasteiger partial charge in [-0.25, -0.2) is 9.97 Å². The number of amides is 1. The second-order valence-electron chi connectivity index (χ2n) is 6.22. The Kier molecular flexibility index (Phi) is 4.69. The predicted molar refractivity (Wildman–Crippen MR) is 96.1 cm³/mol. The molecule has 3 N–H and O–H groups in total. The molecule has 7 heteroatoms. The number of carbonyl (C=O) groups is 1. The number of rotatable bonds is 4. The van der Waals surface area contributed by atoms with E-state index in [1.165, 1.54) is 0 Å². The monoisotopic (exact) mass is 345 g/mol. The van der Waals surface area contributed by atoms with Gasteiger partial charge in [0.15, 0.2) is 0 Å². The molecule has 0 bridgehead atoms. The van der Waals surface area contributed by atoms with Crippen molar-refractivity contribution < 1.29 is 4.79 Å². The SMILES string of the molecule is CN(C)CCCc1cc2c(cc1Cl)NC(=O)Cc1cnc(N)nc1-2. The number of benzene rings is 1. The van der Waals surface area contributed by atoms with Crippen molar-refractivity contribution in [2.45, 2.75) is 19.3 Å². The zero-order valence-corrected chi connectivity index (χ0v) is 14.5. The number of halogens is 1. The topological polar surface area (TPSA) is 84.1 Å². The fourth-order valence-electron chi connectivity index (χ4n) is 2.85. The van der Waals surface area contributed by atoms with Gasteiger partial charge in [0.25, 0.3) is 0 Å². The summed E-state index contributed by atoms with van der Waals surface area (Å²) in [5, 5.41) is 3.54. The number of aryl methyl sites for hydroxylation is 1. The highest BCUT2D eigenvalue weighted by Crippen LogP contribution is 2.36. The van der Waals surface area contributed by atoms with E-state index in [0.717, 1.165) is 36.1 Å². The van der Waals surface area contributed by atoms with Crippen molar-refractivity contribution in [2.24, 2.45) is 0 Å². The van der Waals surface area contributed by atoms with Crippen LogP contribution in [0.3, 0.4) is 0 Å². The lowest BCUT2D eigenvalue weighted by Gasteiger charge is -2.14. The van der Waals surface area contributed by atoms with Gasteiger partial charge in [-0.05, 0) is 51.2 Å². The van der Waals surface area contributed by atoms with E-state index in [4.69, 9.17) is 17.3 Å². The summed E-state index contributed by atoms with van der Waals surface area (Å²) in [5.74, 6) is 0.0814. The predicted octanol–water partition coefficient (Wildman–Crippen LogP) is 2.37. The van der Waals surface area contributed by atoms with E-state index in [1.807, 2.05) is 20.2 Å². The molecule has 1 aromatic carbocycles. The first kappa shape index (κ1) is 16.7. The molecule has 3 rings (SSSR count). The minimum Gasteiger partial charge on any atom is -0.368 e. The molecule has 0 saturated heterocycles. The van der Waals surface area contributed by atoms with Gasteiger partial charge < -0.3 is 16.0 Å². The fraction of sp³-hybridized carbons (Fsp3) is 0.353. The molecule has 0 atom stereocenters.